The van der Waals surface area contributed by atoms with Crippen LogP contribution in [0.15, 0.2) is 26.1 Å². The van der Waals surface area contributed by atoms with Gasteiger partial charge in [-0.05, 0) is 56.5 Å². The Bertz CT molecular complexity index is 502. The average Bonchev–Trinajstić information content (AvgIpc) is 2.21. The summed E-state index contributed by atoms with van der Waals surface area (Å²) >= 11 is 6.05. The highest BCUT2D eigenvalue weighted by molar-refractivity contribution is 9.11. The Hall–Kier alpha value is -0.700. The lowest BCUT2D eigenvalue weighted by atomic mass is 10.2. The fourth-order valence-corrected chi connectivity index (χ4v) is 2.73. The third kappa shape index (κ3) is 3.44. The molecule has 0 aliphatic carbocycles. The first-order chi connectivity index (χ1) is 8.46. The molecular formula is C10H7Br2F5N2. The van der Waals surface area contributed by atoms with E-state index in [2.05, 4.69) is 36.9 Å². The molecule has 0 aliphatic heterocycles. The van der Waals surface area contributed by atoms with E-state index >= 15 is 0 Å². The van der Waals surface area contributed by atoms with Gasteiger partial charge in [-0.1, -0.05) is 0 Å². The molecule has 0 aliphatic rings. The van der Waals surface area contributed by atoms with Gasteiger partial charge < -0.3 is 5.73 Å². The number of rotatable bonds is 2. The molecule has 0 aromatic heterocycles. The van der Waals surface area contributed by atoms with E-state index in [1.54, 1.807) is 6.92 Å². The average molecular weight is 410 g/mol. The molecular weight excluding hydrogens is 403 g/mol. The summed E-state index contributed by atoms with van der Waals surface area (Å²) in [5, 5.41) is 0. The summed E-state index contributed by atoms with van der Waals surface area (Å²) in [4.78, 5) is 3.17. The minimum Gasteiger partial charge on any atom is -0.382 e. The van der Waals surface area contributed by atoms with Crippen molar-refractivity contribution in [3.05, 3.63) is 26.6 Å². The minimum atomic E-state index is -5.79. The Morgan fingerprint density at radius 1 is 1.11 bits per heavy atom. The highest BCUT2D eigenvalue weighted by Crippen LogP contribution is 2.39. The molecule has 0 amide bonds. The molecule has 0 spiro atoms. The number of aryl methyl sites for hydroxylation is 1. The zero-order valence-electron chi connectivity index (χ0n) is 9.33. The van der Waals surface area contributed by atoms with Crippen LogP contribution in [0, 0.1) is 6.92 Å². The Morgan fingerprint density at radius 2 is 1.53 bits per heavy atom. The van der Waals surface area contributed by atoms with Crippen molar-refractivity contribution in [2.24, 2.45) is 10.7 Å². The van der Waals surface area contributed by atoms with Gasteiger partial charge >= 0.3 is 12.1 Å². The molecule has 0 heterocycles. The molecule has 0 atom stereocenters. The number of benzene rings is 1. The highest BCUT2D eigenvalue weighted by atomic mass is 79.9. The van der Waals surface area contributed by atoms with E-state index in [-0.39, 0.29) is 14.6 Å². The highest BCUT2D eigenvalue weighted by Gasteiger charge is 2.60. The molecule has 19 heavy (non-hydrogen) atoms. The maximum atomic E-state index is 12.9. The number of amidine groups is 1. The Kier molecular flexibility index (Phi) is 4.61. The summed E-state index contributed by atoms with van der Waals surface area (Å²) < 4.78 is 62.7. The number of aliphatic imine (C=N–C) groups is 1. The van der Waals surface area contributed by atoms with Crippen LogP contribution >= 0.6 is 31.9 Å². The Labute approximate surface area is 122 Å². The van der Waals surface area contributed by atoms with Crippen molar-refractivity contribution in [3.63, 3.8) is 0 Å². The number of alkyl halides is 5. The quantitative estimate of drug-likeness (QED) is 0.429. The van der Waals surface area contributed by atoms with E-state index in [9.17, 15) is 22.0 Å². The van der Waals surface area contributed by atoms with Crippen molar-refractivity contribution in [2.45, 2.75) is 19.0 Å². The van der Waals surface area contributed by atoms with Crippen LogP contribution in [0.1, 0.15) is 5.56 Å². The van der Waals surface area contributed by atoms with Gasteiger partial charge in [0, 0.05) is 8.95 Å². The lowest BCUT2D eigenvalue weighted by Gasteiger charge is -2.19. The molecule has 0 saturated heterocycles. The number of nitrogens with two attached hydrogens (primary N) is 1. The molecule has 1 aromatic carbocycles. The first kappa shape index (κ1) is 16.4. The molecule has 0 saturated carbocycles. The third-order valence-electron chi connectivity index (χ3n) is 2.07. The zero-order valence-corrected chi connectivity index (χ0v) is 12.5. The van der Waals surface area contributed by atoms with Crippen LogP contribution in [0.2, 0.25) is 0 Å². The van der Waals surface area contributed by atoms with E-state index in [1.165, 1.54) is 12.1 Å². The van der Waals surface area contributed by atoms with Gasteiger partial charge in [0.2, 0.25) is 0 Å². The number of nitrogens with zero attached hydrogens (tertiary/aromatic N) is 1. The van der Waals surface area contributed by atoms with E-state index in [1.807, 2.05) is 0 Å². The maximum Gasteiger partial charge on any atom is 0.461 e. The van der Waals surface area contributed by atoms with Gasteiger partial charge in [0.05, 0.1) is 5.69 Å². The van der Waals surface area contributed by atoms with E-state index in [0.717, 1.165) is 5.56 Å². The smallest absolute Gasteiger partial charge is 0.382 e. The third-order valence-corrected chi connectivity index (χ3v) is 3.28. The maximum absolute atomic E-state index is 12.9. The van der Waals surface area contributed by atoms with Crippen molar-refractivity contribution < 1.29 is 22.0 Å². The van der Waals surface area contributed by atoms with Gasteiger partial charge in [-0.25, -0.2) is 4.99 Å². The van der Waals surface area contributed by atoms with Crippen LogP contribution in [0.4, 0.5) is 27.6 Å². The fraction of sp³-hybridized carbons (Fsp3) is 0.300. The molecule has 0 unspecified atom stereocenters. The zero-order chi connectivity index (χ0) is 15.0. The van der Waals surface area contributed by atoms with Gasteiger partial charge in [-0.15, -0.1) is 0 Å². The molecule has 1 aromatic rings. The number of hydrogen-bond acceptors (Lipinski definition) is 1. The van der Waals surface area contributed by atoms with Crippen LogP contribution < -0.4 is 5.73 Å². The summed E-state index contributed by atoms with van der Waals surface area (Å²) in [5.74, 6) is -7.00. The lowest BCUT2D eigenvalue weighted by Crippen LogP contribution is -2.48. The van der Waals surface area contributed by atoms with Crippen LogP contribution in [-0.4, -0.2) is 17.9 Å². The summed E-state index contributed by atoms with van der Waals surface area (Å²) in [6, 6.07) is 3.03. The number of hydrogen-bond donors (Lipinski definition) is 1. The van der Waals surface area contributed by atoms with E-state index in [4.69, 9.17) is 5.73 Å². The SMILES string of the molecule is Cc1cc(Br)c(N=C(N)C(F)(F)C(F)(F)F)c(Br)c1. The predicted molar refractivity (Wildman–Crippen MR) is 68.9 cm³/mol. The summed E-state index contributed by atoms with van der Waals surface area (Å²) in [6.07, 6.45) is -5.79. The standard InChI is InChI=1S/C10H7Br2F5N2/c1-4-2-5(11)7(6(12)3-4)19-8(18)9(13,14)10(15,16)17/h2-3H,1H3,(H2,18,19). The van der Waals surface area contributed by atoms with Crippen LogP contribution in [0.5, 0.6) is 0 Å². The van der Waals surface area contributed by atoms with Gasteiger partial charge in [-0.2, -0.15) is 22.0 Å². The predicted octanol–water partition coefficient (Wildman–Crippen LogP) is 4.71. The second-order valence-corrected chi connectivity index (χ2v) is 5.36. The lowest BCUT2D eigenvalue weighted by molar-refractivity contribution is -0.249. The second kappa shape index (κ2) is 5.35. The summed E-state index contributed by atoms with van der Waals surface area (Å²) in [6.45, 7) is 1.72. The molecule has 0 radical (unpaired) electrons. The molecule has 9 heteroatoms. The largest absolute Gasteiger partial charge is 0.461 e. The summed E-state index contributed by atoms with van der Waals surface area (Å²) in [5.41, 5.74) is 5.41. The van der Waals surface area contributed by atoms with Gasteiger partial charge in [0.1, 0.15) is 0 Å². The summed E-state index contributed by atoms with van der Waals surface area (Å²) in [7, 11) is 0. The molecule has 106 valence electrons. The second-order valence-electron chi connectivity index (χ2n) is 3.65. The molecule has 1 rings (SSSR count). The monoisotopic (exact) mass is 408 g/mol. The van der Waals surface area contributed by atoms with Crippen molar-refractivity contribution in [1.82, 2.24) is 0 Å². The van der Waals surface area contributed by atoms with Gasteiger partial charge in [-0.3, -0.25) is 0 Å². The number of halogens is 7. The van der Waals surface area contributed by atoms with Crippen molar-refractivity contribution >= 4 is 43.4 Å². The molecule has 2 N–H and O–H groups in total. The van der Waals surface area contributed by atoms with Crippen molar-refractivity contribution in [3.8, 4) is 0 Å². The van der Waals surface area contributed by atoms with Crippen molar-refractivity contribution in [1.29, 1.82) is 0 Å². The Balaban J connectivity index is 3.31. The fourth-order valence-electron chi connectivity index (χ4n) is 1.13. The Morgan fingerprint density at radius 3 is 1.89 bits per heavy atom. The first-order valence-corrected chi connectivity index (χ1v) is 6.30. The molecule has 0 fully saturated rings. The van der Waals surface area contributed by atoms with E-state index < -0.39 is 17.9 Å². The molecule has 0 bridgehead atoms. The minimum absolute atomic E-state index is 0.132. The molecule has 2 nitrogen and oxygen atoms in total. The normalized spacial score (nSPS) is 13.8. The van der Waals surface area contributed by atoms with E-state index in [0.29, 0.717) is 0 Å². The van der Waals surface area contributed by atoms with Crippen molar-refractivity contribution in [2.75, 3.05) is 0 Å². The first-order valence-electron chi connectivity index (χ1n) is 4.71. The van der Waals surface area contributed by atoms with Crippen LogP contribution in [0.3, 0.4) is 0 Å². The van der Waals surface area contributed by atoms with Crippen LogP contribution in [0.25, 0.3) is 0 Å². The van der Waals surface area contributed by atoms with Gasteiger partial charge in [0.25, 0.3) is 0 Å². The topological polar surface area (TPSA) is 38.4 Å². The van der Waals surface area contributed by atoms with Crippen LogP contribution in [-0.2, 0) is 0 Å². The van der Waals surface area contributed by atoms with Gasteiger partial charge in [0.15, 0.2) is 5.84 Å².